The van der Waals surface area contributed by atoms with Gasteiger partial charge in [-0.3, -0.25) is 5.32 Å². The van der Waals surface area contributed by atoms with Crippen LogP contribution in [0.15, 0.2) is 0 Å². The Kier molecular flexibility index (Phi) is 4.16. The molecule has 0 spiro atoms. The SMILES string of the molecule is CCCC1CNCC(N)C1N1NCNC1C. The van der Waals surface area contributed by atoms with Crippen LogP contribution in [0.4, 0.5) is 0 Å². The van der Waals surface area contributed by atoms with Crippen LogP contribution in [-0.4, -0.2) is 43.0 Å². The van der Waals surface area contributed by atoms with Crippen molar-refractivity contribution in [1.29, 1.82) is 0 Å². The molecule has 0 aromatic carbocycles. The zero-order chi connectivity index (χ0) is 11.5. The monoisotopic (exact) mass is 227 g/mol. The molecule has 2 saturated heterocycles. The summed E-state index contributed by atoms with van der Waals surface area (Å²) in [4.78, 5) is 0. The van der Waals surface area contributed by atoms with Gasteiger partial charge in [-0.2, -0.15) is 0 Å². The highest BCUT2D eigenvalue weighted by atomic mass is 15.6. The summed E-state index contributed by atoms with van der Waals surface area (Å²) in [6.45, 7) is 7.32. The molecule has 16 heavy (non-hydrogen) atoms. The van der Waals surface area contributed by atoms with E-state index in [0.29, 0.717) is 18.1 Å². The second kappa shape index (κ2) is 5.42. The van der Waals surface area contributed by atoms with Gasteiger partial charge < -0.3 is 11.1 Å². The molecule has 2 rings (SSSR count). The minimum absolute atomic E-state index is 0.222. The molecule has 4 atom stereocenters. The molecule has 4 unspecified atom stereocenters. The lowest BCUT2D eigenvalue weighted by Gasteiger charge is -2.43. The Morgan fingerprint density at radius 3 is 2.81 bits per heavy atom. The van der Waals surface area contributed by atoms with Crippen LogP contribution in [0, 0.1) is 5.92 Å². The Hall–Kier alpha value is -0.200. The van der Waals surface area contributed by atoms with Gasteiger partial charge in [-0.1, -0.05) is 13.3 Å². The van der Waals surface area contributed by atoms with Gasteiger partial charge in [-0.05, 0) is 25.8 Å². The lowest BCUT2D eigenvalue weighted by molar-refractivity contribution is 0.0437. The average Bonchev–Trinajstić information content (AvgIpc) is 2.65. The zero-order valence-electron chi connectivity index (χ0n) is 10.4. The van der Waals surface area contributed by atoms with Gasteiger partial charge in [0.05, 0.1) is 12.8 Å². The number of hydrogen-bond donors (Lipinski definition) is 4. The van der Waals surface area contributed by atoms with E-state index >= 15 is 0 Å². The maximum absolute atomic E-state index is 6.27. The number of hydrazine groups is 1. The first-order chi connectivity index (χ1) is 7.74. The van der Waals surface area contributed by atoms with Crippen molar-refractivity contribution in [2.24, 2.45) is 11.7 Å². The first kappa shape index (κ1) is 12.3. The Labute approximate surface area is 98.1 Å². The molecule has 5 heteroatoms. The van der Waals surface area contributed by atoms with Gasteiger partial charge in [0.25, 0.3) is 0 Å². The molecule has 0 saturated carbocycles. The minimum Gasteiger partial charge on any atom is -0.325 e. The number of nitrogens with one attached hydrogen (secondary N) is 3. The molecule has 0 aliphatic carbocycles. The number of rotatable bonds is 3. The quantitative estimate of drug-likeness (QED) is 0.519. The van der Waals surface area contributed by atoms with E-state index in [2.05, 4.69) is 34.9 Å². The van der Waals surface area contributed by atoms with Crippen molar-refractivity contribution in [3.63, 3.8) is 0 Å². The Morgan fingerprint density at radius 2 is 2.19 bits per heavy atom. The highest BCUT2D eigenvalue weighted by molar-refractivity contribution is 4.95. The van der Waals surface area contributed by atoms with Gasteiger partial charge in [0, 0.05) is 18.6 Å². The van der Waals surface area contributed by atoms with E-state index in [1.54, 1.807) is 0 Å². The van der Waals surface area contributed by atoms with E-state index in [1.165, 1.54) is 12.8 Å². The number of nitrogens with zero attached hydrogens (tertiary/aromatic N) is 1. The third kappa shape index (κ3) is 2.38. The lowest BCUT2D eigenvalue weighted by atomic mass is 9.86. The number of hydrogen-bond acceptors (Lipinski definition) is 5. The van der Waals surface area contributed by atoms with Crippen LogP contribution in [0.3, 0.4) is 0 Å². The van der Waals surface area contributed by atoms with E-state index in [0.717, 1.165) is 19.8 Å². The highest BCUT2D eigenvalue weighted by Crippen LogP contribution is 2.22. The van der Waals surface area contributed by atoms with Crippen molar-refractivity contribution in [3.8, 4) is 0 Å². The predicted molar refractivity (Wildman–Crippen MR) is 65.5 cm³/mol. The van der Waals surface area contributed by atoms with Gasteiger partial charge in [-0.25, -0.2) is 10.4 Å². The molecule has 5 nitrogen and oxygen atoms in total. The molecule has 94 valence electrons. The summed E-state index contributed by atoms with van der Waals surface area (Å²) >= 11 is 0. The van der Waals surface area contributed by atoms with Gasteiger partial charge >= 0.3 is 0 Å². The van der Waals surface area contributed by atoms with E-state index in [-0.39, 0.29) is 6.04 Å². The average molecular weight is 227 g/mol. The fourth-order valence-electron chi connectivity index (χ4n) is 2.99. The summed E-state index contributed by atoms with van der Waals surface area (Å²) in [5.74, 6) is 0.656. The van der Waals surface area contributed by atoms with E-state index < -0.39 is 0 Å². The van der Waals surface area contributed by atoms with Crippen molar-refractivity contribution >= 4 is 0 Å². The molecular formula is C11H25N5. The maximum Gasteiger partial charge on any atom is 0.0718 e. The molecule has 0 amide bonds. The summed E-state index contributed by atoms with van der Waals surface area (Å²) in [7, 11) is 0. The molecule has 2 aliphatic heterocycles. The third-order valence-corrected chi connectivity index (χ3v) is 3.77. The topological polar surface area (TPSA) is 65.3 Å². The number of nitrogens with two attached hydrogens (primary N) is 1. The smallest absolute Gasteiger partial charge is 0.0718 e. The highest BCUT2D eigenvalue weighted by Gasteiger charge is 2.38. The van der Waals surface area contributed by atoms with Crippen LogP contribution in [0.5, 0.6) is 0 Å². The van der Waals surface area contributed by atoms with Crippen LogP contribution in [0.25, 0.3) is 0 Å². The zero-order valence-corrected chi connectivity index (χ0v) is 10.4. The van der Waals surface area contributed by atoms with Crippen molar-refractivity contribution in [3.05, 3.63) is 0 Å². The second-order valence-corrected chi connectivity index (χ2v) is 4.98. The lowest BCUT2D eigenvalue weighted by Crippen LogP contribution is -2.64. The molecular weight excluding hydrogens is 202 g/mol. The van der Waals surface area contributed by atoms with Crippen LogP contribution in [-0.2, 0) is 0 Å². The van der Waals surface area contributed by atoms with Crippen LogP contribution < -0.4 is 21.8 Å². The summed E-state index contributed by atoms with van der Waals surface area (Å²) < 4.78 is 0. The summed E-state index contributed by atoms with van der Waals surface area (Å²) in [5.41, 5.74) is 9.68. The fourth-order valence-corrected chi connectivity index (χ4v) is 2.99. The van der Waals surface area contributed by atoms with Crippen molar-refractivity contribution in [1.82, 2.24) is 21.1 Å². The minimum atomic E-state index is 0.222. The second-order valence-electron chi connectivity index (χ2n) is 4.98. The van der Waals surface area contributed by atoms with Crippen molar-refractivity contribution < 1.29 is 0 Å². The molecule has 0 bridgehead atoms. The Morgan fingerprint density at radius 1 is 1.38 bits per heavy atom. The van der Waals surface area contributed by atoms with Gasteiger partial charge in [0.1, 0.15) is 0 Å². The Balaban J connectivity index is 2.06. The van der Waals surface area contributed by atoms with E-state index in [4.69, 9.17) is 5.73 Å². The molecule has 0 aromatic rings. The molecule has 0 aromatic heterocycles. The molecule has 0 radical (unpaired) electrons. The summed E-state index contributed by atoms with van der Waals surface area (Å²) in [6.07, 6.45) is 2.86. The molecule has 2 aliphatic rings. The molecule has 2 fully saturated rings. The molecule has 5 N–H and O–H groups in total. The number of piperidine rings is 1. The first-order valence-corrected chi connectivity index (χ1v) is 6.45. The van der Waals surface area contributed by atoms with Crippen molar-refractivity contribution in [2.45, 2.75) is 44.9 Å². The fraction of sp³-hybridized carbons (Fsp3) is 1.00. The normalized spacial score (nSPS) is 41.4. The van der Waals surface area contributed by atoms with Gasteiger partial charge in [0.2, 0.25) is 0 Å². The van der Waals surface area contributed by atoms with Crippen LogP contribution >= 0.6 is 0 Å². The predicted octanol–water partition coefficient (Wildman–Crippen LogP) is -0.585. The molecule has 2 heterocycles. The van der Waals surface area contributed by atoms with E-state index in [1.807, 2.05) is 0 Å². The first-order valence-electron chi connectivity index (χ1n) is 6.45. The van der Waals surface area contributed by atoms with Crippen LogP contribution in [0.1, 0.15) is 26.7 Å². The third-order valence-electron chi connectivity index (χ3n) is 3.77. The van der Waals surface area contributed by atoms with Crippen molar-refractivity contribution in [2.75, 3.05) is 19.8 Å². The Bertz CT molecular complexity index is 220. The summed E-state index contributed by atoms with van der Waals surface area (Å²) in [5, 5.41) is 9.15. The standard InChI is InChI=1S/C11H25N5/c1-3-4-9-5-13-6-10(12)11(9)16-8(2)14-7-15-16/h8-11,13-15H,3-7,12H2,1-2H3. The van der Waals surface area contributed by atoms with E-state index in [9.17, 15) is 0 Å². The largest absolute Gasteiger partial charge is 0.325 e. The maximum atomic E-state index is 6.27. The van der Waals surface area contributed by atoms with Gasteiger partial charge in [0.15, 0.2) is 0 Å². The summed E-state index contributed by atoms with van der Waals surface area (Å²) in [6, 6.07) is 0.673. The van der Waals surface area contributed by atoms with Gasteiger partial charge in [-0.15, -0.1) is 0 Å². The van der Waals surface area contributed by atoms with Crippen LogP contribution in [0.2, 0.25) is 0 Å².